The molecule has 0 spiro atoms. The summed E-state index contributed by atoms with van der Waals surface area (Å²) in [5.74, 6) is -0.946. The van der Waals surface area contributed by atoms with Crippen molar-refractivity contribution >= 4 is 23.5 Å². The van der Waals surface area contributed by atoms with Gasteiger partial charge < -0.3 is 15.2 Å². The summed E-state index contributed by atoms with van der Waals surface area (Å²) in [5.41, 5.74) is 2.56. The number of rotatable bonds is 5. The number of halogens is 1. The smallest absolute Gasteiger partial charge is 0.341 e. The first-order valence-electron chi connectivity index (χ1n) is 7.57. The largest absolute Gasteiger partial charge is 0.482 e. The number of carboxylic acid groups (broad SMARTS) is 1. The Morgan fingerprint density at radius 2 is 2.04 bits per heavy atom. The molecule has 0 saturated heterocycles. The summed E-state index contributed by atoms with van der Waals surface area (Å²) >= 11 is 6.19. The molecule has 5 nitrogen and oxygen atoms in total. The van der Waals surface area contributed by atoms with Crippen LogP contribution in [0.4, 0.5) is 0 Å². The molecule has 1 aliphatic carbocycles. The molecule has 0 bridgehead atoms. The second-order valence-electron chi connectivity index (χ2n) is 5.58. The Morgan fingerprint density at radius 3 is 2.83 bits per heavy atom. The van der Waals surface area contributed by atoms with E-state index in [1.165, 1.54) is 6.07 Å². The van der Waals surface area contributed by atoms with Gasteiger partial charge in [0.05, 0.1) is 6.04 Å². The van der Waals surface area contributed by atoms with E-state index in [9.17, 15) is 9.59 Å². The number of nitrogens with one attached hydrogen (secondary N) is 1. The summed E-state index contributed by atoms with van der Waals surface area (Å²) in [6.07, 6.45) is 1.64. The van der Waals surface area contributed by atoms with Crippen molar-refractivity contribution < 1.29 is 19.4 Å². The lowest BCUT2D eigenvalue weighted by Crippen LogP contribution is -2.27. The Morgan fingerprint density at radius 1 is 1.25 bits per heavy atom. The van der Waals surface area contributed by atoms with E-state index in [0.717, 1.165) is 29.0 Å². The maximum Gasteiger partial charge on any atom is 0.341 e. The van der Waals surface area contributed by atoms with Gasteiger partial charge in [0.15, 0.2) is 6.61 Å². The highest BCUT2D eigenvalue weighted by molar-refractivity contribution is 6.31. The van der Waals surface area contributed by atoms with Gasteiger partial charge in [-0.15, -0.1) is 0 Å². The van der Waals surface area contributed by atoms with Gasteiger partial charge in [-0.25, -0.2) is 4.79 Å². The summed E-state index contributed by atoms with van der Waals surface area (Å²) in [7, 11) is 0. The van der Waals surface area contributed by atoms with Crippen molar-refractivity contribution in [3.63, 3.8) is 0 Å². The Hall–Kier alpha value is -2.53. The van der Waals surface area contributed by atoms with Crippen LogP contribution in [0.5, 0.6) is 5.75 Å². The number of amides is 1. The molecule has 24 heavy (non-hydrogen) atoms. The first kappa shape index (κ1) is 16.3. The third kappa shape index (κ3) is 3.51. The van der Waals surface area contributed by atoms with E-state index in [4.69, 9.17) is 21.4 Å². The molecule has 2 N–H and O–H groups in total. The first-order chi connectivity index (χ1) is 11.5. The number of carbonyl (C=O) groups is 2. The van der Waals surface area contributed by atoms with Crippen LogP contribution >= 0.6 is 11.6 Å². The fourth-order valence-electron chi connectivity index (χ4n) is 2.87. The van der Waals surface area contributed by atoms with Gasteiger partial charge in [0.2, 0.25) is 0 Å². The quantitative estimate of drug-likeness (QED) is 0.872. The van der Waals surface area contributed by atoms with Crippen molar-refractivity contribution in [1.29, 1.82) is 0 Å². The highest BCUT2D eigenvalue weighted by atomic mass is 35.5. The topological polar surface area (TPSA) is 75.6 Å². The highest BCUT2D eigenvalue weighted by Crippen LogP contribution is 2.35. The van der Waals surface area contributed by atoms with Crippen LogP contribution in [0.3, 0.4) is 0 Å². The number of carbonyl (C=O) groups excluding carboxylic acids is 1. The van der Waals surface area contributed by atoms with Crippen molar-refractivity contribution in [2.24, 2.45) is 0 Å². The normalized spacial score (nSPS) is 15.6. The standard InChI is InChI=1S/C18H16ClNO4/c19-15-6-2-5-14-13(15)7-8-16(14)20-18(23)11-3-1-4-12(9-11)24-10-17(21)22/h1-6,9,16H,7-8,10H2,(H,20,23)(H,21,22). The molecule has 0 heterocycles. The maximum atomic E-state index is 12.5. The van der Waals surface area contributed by atoms with Crippen LogP contribution in [-0.2, 0) is 11.2 Å². The van der Waals surface area contributed by atoms with Crippen LogP contribution in [0.1, 0.15) is 33.9 Å². The summed E-state index contributed by atoms with van der Waals surface area (Å²) in [4.78, 5) is 23.0. The van der Waals surface area contributed by atoms with Gasteiger partial charge in [0, 0.05) is 10.6 Å². The van der Waals surface area contributed by atoms with E-state index in [0.29, 0.717) is 11.3 Å². The Bertz CT molecular complexity index is 790. The molecule has 1 atom stereocenters. The zero-order chi connectivity index (χ0) is 17.1. The van der Waals surface area contributed by atoms with Crippen molar-refractivity contribution in [2.75, 3.05) is 6.61 Å². The van der Waals surface area contributed by atoms with Crippen molar-refractivity contribution in [1.82, 2.24) is 5.32 Å². The molecule has 1 unspecified atom stereocenters. The first-order valence-corrected chi connectivity index (χ1v) is 7.95. The van der Waals surface area contributed by atoms with Crippen molar-refractivity contribution in [3.8, 4) is 5.75 Å². The van der Waals surface area contributed by atoms with Crippen LogP contribution in [0.15, 0.2) is 42.5 Å². The zero-order valence-electron chi connectivity index (χ0n) is 12.8. The van der Waals surface area contributed by atoms with Gasteiger partial charge >= 0.3 is 5.97 Å². The molecule has 0 radical (unpaired) electrons. The summed E-state index contributed by atoms with van der Waals surface area (Å²) in [5, 5.41) is 12.4. The molecular weight excluding hydrogens is 330 g/mol. The van der Waals surface area contributed by atoms with Gasteiger partial charge in [0.1, 0.15) is 5.75 Å². The third-order valence-electron chi connectivity index (χ3n) is 3.98. The minimum atomic E-state index is -1.07. The van der Waals surface area contributed by atoms with Gasteiger partial charge in [-0.05, 0) is 48.2 Å². The molecule has 124 valence electrons. The Balaban J connectivity index is 1.71. The monoisotopic (exact) mass is 345 g/mol. The van der Waals surface area contributed by atoms with E-state index in [2.05, 4.69) is 5.32 Å². The minimum absolute atomic E-state index is 0.0743. The minimum Gasteiger partial charge on any atom is -0.482 e. The Kier molecular flexibility index (Phi) is 4.71. The average molecular weight is 346 g/mol. The lowest BCUT2D eigenvalue weighted by atomic mass is 10.1. The number of carboxylic acids is 1. The fourth-order valence-corrected chi connectivity index (χ4v) is 3.15. The van der Waals surface area contributed by atoms with Crippen LogP contribution in [0.25, 0.3) is 0 Å². The summed E-state index contributed by atoms with van der Waals surface area (Å²) in [6.45, 7) is -0.445. The van der Waals surface area contributed by atoms with Crippen molar-refractivity contribution in [3.05, 3.63) is 64.2 Å². The molecule has 0 aromatic heterocycles. The molecule has 1 amide bonds. The second kappa shape index (κ2) is 6.93. The van der Waals surface area contributed by atoms with Gasteiger partial charge in [-0.2, -0.15) is 0 Å². The number of aliphatic carboxylic acids is 1. The van der Waals surface area contributed by atoms with E-state index in [1.54, 1.807) is 18.2 Å². The summed E-state index contributed by atoms with van der Waals surface area (Å²) < 4.78 is 5.10. The van der Waals surface area contributed by atoms with Gasteiger partial charge in [-0.3, -0.25) is 4.79 Å². The summed E-state index contributed by atoms with van der Waals surface area (Å²) in [6, 6.07) is 12.1. The number of ether oxygens (including phenoxy) is 1. The molecular formula is C18H16ClNO4. The van der Waals surface area contributed by atoms with E-state index in [1.807, 2.05) is 18.2 Å². The molecule has 0 saturated carbocycles. The van der Waals surface area contributed by atoms with Crippen LogP contribution in [-0.4, -0.2) is 23.6 Å². The molecule has 6 heteroatoms. The van der Waals surface area contributed by atoms with Gasteiger partial charge in [0.25, 0.3) is 5.91 Å². The zero-order valence-corrected chi connectivity index (χ0v) is 13.5. The number of benzene rings is 2. The lowest BCUT2D eigenvalue weighted by molar-refractivity contribution is -0.139. The highest BCUT2D eigenvalue weighted by Gasteiger charge is 2.25. The number of hydrogen-bond acceptors (Lipinski definition) is 3. The van der Waals surface area contributed by atoms with Gasteiger partial charge in [-0.1, -0.05) is 29.8 Å². The third-order valence-corrected chi connectivity index (χ3v) is 4.33. The van der Waals surface area contributed by atoms with Crippen LogP contribution in [0, 0.1) is 0 Å². The van der Waals surface area contributed by atoms with Crippen LogP contribution in [0.2, 0.25) is 5.02 Å². The molecule has 0 aliphatic heterocycles. The SMILES string of the molecule is O=C(O)COc1cccc(C(=O)NC2CCc3c(Cl)cccc32)c1. The predicted molar refractivity (Wildman–Crippen MR) is 89.6 cm³/mol. The molecule has 3 rings (SSSR count). The molecule has 0 fully saturated rings. The second-order valence-corrected chi connectivity index (χ2v) is 5.99. The van der Waals surface area contributed by atoms with E-state index < -0.39 is 12.6 Å². The average Bonchev–Trinajstić information content (AvgIpc) is 2.98. The predicted octanol–water partition coefficient (Wildman–Crippen LogP) is 3.22. The van der Waals surface area contributed by atoms with E-state index in [-0.39, 0.29) is 11.9 Å². The molecule has 2 aromatic rings. The molecule has 2 aromatic carbocycles. The lowest BCUT2D eigenvalue weighted by Gasteiger charge is -2.15. The molecule has 1 aliphatic rings. The number of hydrogen-bond donors (Lipinski definition) is 2. The van der Waals surface area contributed by atoms with Crippen LogP contribution < -0.4 is 10.1 Å². The van der Waals surface area contributed by atoms with Crippen molar-refractivity contribution in [2.45, 2.75) is 18.9 Å². The Labute approximate surface area is 144 Å². The fraction of sp³-hybridized carbons (Fsp3) is 0.222. The maximum absolute atomic E-state index is 12.5. The number of fused-ring (bicyclic) bond motifs is 1. The van der Waals surface area contributed by atoms with E-state index >= 15 is 0 Å².